The summed E-state index contributed by atoms with van der Waals surface area (Å²) in [6, 6.07) is 12.7. The van der Waals surface area contributed by atoms with Crippen molar-refractivity contribution in [3.63, 3.8) is 0 Å². The Labute approximate surface area is 199 Å². The Hall–Kier alpha value is -2.59. The van der Waals surface area contributed by atoms with E-state index in [9.17, 15) is 9.18 Å². The first kappa shape index (κ1) is 22.2. The Kier molecular flexibility index (Phi) is 6.55. The summed E-state index contributed by atoms with van der Waals surface area (Å²) in [5.74, 6) is -0.327. The van der Waals surface area contributed by atoms with E-state index in [1.54, 1.807) is 23.5 Å². The summed E-state index contributed by atoms with van der Waals surface area (Å²) in [7, 11) is 0. The number of carbonyl (C=O) groups is 1. The molecule has 1 saturated heterocycles. The van der Waals surface area contributed by atoms with Gasteiger partial charge in [-0.2, -0.15) is 5.10 Å². The predicted octanol–water partition coefficient (Wildman–Crippen LogP) is 4.46. The fourth-order valence-electron chi connectivity index (χ4n) is 4.15. The Morgan fingerprint density at radius 2 is 2.03 bits per heavy atom. The van der Waals surface area contributed by atoms with Gasteiger partial charge in [0.2, 0.25) is 0 Å². The molecule has 33 heavy (non-hydrogen) atoms. The largest absolute Gasteiger partial charge is 0.379 e. The molecule has 0 saturated carbocycles. The van der Waals surface area contributed by atoms with Gasteiger partial charge in [-0.3, -0.25) is 14.4 Å². The van der Waals surface area contributed by atoms with Gasteiger partial charge in [0.05, 0.1) is 36.4 Å². The third-order valence-corrected chi connectivity index (χ3v) is 8.01. The minimum absolute atomic E-state index is 0.0706. The molecular formula is C24H25FN4O2S2. The number of aromatic nitrogens is 2. The number of halogens is 1. The van der Waals surface area contributed by atoms with Crippen molar-refractivity contribution in [1.82, 2.24) is 20.0 Å². The summed E-state index contributed by atoms with van der Waals surface area (Å²) < 4.78 is 20.6. The lowest BCUT2D eigenvalue weighted by Gasteiger charge is -2.34. The van der Waals surface area contributed by atoms with Crippen molar-refractivity contribution in [2.75, 3.05) is 32.8 Å². The molecule has 0 bridgehead atoms. The van der Waals surface area contributed by atoms with Crippen molar-refractivity contribution in [1.29, 1.82) is 0 Å². The van der Waals surface area contributed by atoms with Crippen molar-refractivity contribution >= 4 is 38.8 Å². The van der Waals surface area contributed by atoms with Gasteiger partial charge in [-0.05, 0) is 42.1 Å². The average Bonchev–Trinajstić information content (AvgIpc) is 3.56. The highest BCUT2D eigenvalue weighted by Gasteiger charge is 2.25. The molecule has 5 rings (SSSR count). The number of amides is 1. The monoisotopic (exact) mass is 484 g/mol. The van der Waals surface area contributed by atoms with Gasteiger partial charge in [-0.15, -0.1) is 22.7 Å². The lowest BCUT2D eigenvalue weighted by molar-refractivity contribution is 0.0169. The molecule has 3 aromatic heterocycles. The van der Waals surface area contributed by atoms with Gasteiger partial charge in [-0.1, -0.05) is 18.2 Å². The molecule has 6 nitrogen and oxygen atoms in total. The van der Waals surface area contributed by atoms with Crippen molar-refractivity contribution in [2.45, 2.75) is 19.5 Å². The van der Waals surface area contributed by atoms with Gasteiger partial charge >= 0.3 is 0 Å². The molecule has 0 spiro atoms. The van der Waals surface area contributed by atoms with Crippen molar-refractivity contribution in [3.8, 4) is 0 Å². The number of aryl methyl sites for hydroxylation is 1. The second-order valence-electron chi connectivity index (χ2n) is 8.09. The zero-order valence-corrected chi connectivity index (χ0v) is 19.9. The summed E-state index contributed by atoms with van der Waals surface area (Å²) in [5, 5.41) is 10.8. The highest BCUT2D eigenvalue weighted by molar-refractivity contribution is 7.20. The number of hydrogen-bond acceptors (Lipinski definition) is 6. The molecule has 1 aromatic carbocycles. The van der Waals surface area contributed by atoms with Gasteiger partial charge in [0.1, 0.15) is 10.6 Å². The Morgan fingerprint density at radius 1 is 1.24 bits per heavy atom. The van der Waals surface area contributed by atoms with Crippen molar-refractivity contribution < 1.29 is 13.9 Å². The number of hydrogen-bond donors (Lipinski definition) is 1. The molecule has 1 N–H and O–H groups in total. The fraction of sp³-hybridized carbons (Fsp3) is 0.333. The molecule has 1 aliphatic rings. The normalized spacial score (nSPS) is 15.7. The maximum Gasteiger partial charge on any atom is 0.261 e. The number of ether oxygens (including phenoxy) is 1. The molecule has 172 valence electrons. The number of morpholine rings is 1. The first-order valence-corrected chi connectivity index (χ1v) is 12.6. The number of nitrogens with one attached hydrogen (secondary N) is 1. The quantitative estimate of drug-likeness (QED) is 0.421. The molecule has 0 unspecified atom stereocenters. The number of fused-ring (bicyclic) bond motifs is 1. The van der Waals surface area contributed by atoms with Gasteiger partial charge in [0.25, 0.3) is 5.91 Å². The van der Waals surface area contributed by atoms with E-state index in [1.807, 2.05) is 17.7 Å². The van der Waals surface area contributed by atoms with E-state index < -0.39 is 0 Å². The number of rotatable bonds is 7. The Morgan fingerprint density at radius 3 is 2.76 bits per heavy atom. The molecule has 1 aliphatic heterocycles. The standard InChI is InChI=1S/C24H25FN4O2S2/c1-16-19-13-22(33-24(19)29(27-16)15-17-4-6-18(25)7-5-17)23(30)26-14-20(21-3-2-12-32-21)28-8-10-31-11-9-28/h2-7,12-13,20H,8-11,14-15H2,1H3,(H,26,30)/t20-/m0/s1. The second kappa shape index (κ2) is 9.72. The maximum atomic E-state index is 13.2. The number of nitrogens with zero attached hydrogens (tertiary/aromatic N) is 3. The van der Waals surface area contributed by atoms with Crippen LogP contribution < -0.4 is 5.32 Å². The van der Waals surface area contributed by atoms with E-state index in [4.69, 9.17) is 4.74 Å². The summed E-state index contributed by atoms with van der Waals surface area (Å²) >= 11 is 3.16. The third kappa shape index (κ3) is 4.86. The summed E-state index contributed by atoms with van der Waals surface area (Å²) in [6.45, 7) is 6.19. The fourth-order valence-corrected chi connectivity index (χ4v) is 6.09. The molecule has 0 radical (unpaired) electrons. The van der Waals surface area contributed by atoms with Crippen LogP contribution in [0.3, 0.4) is 0 Å². The van der Waals surface area contributed by atoms with Crippen LogP contribution in [-0.2, 0) is 11.3 Å². The van der Waals surface area contributed by atoms with E-state index in [2.05, 4.69) is 32.8 Å². The van der Waals surface area contributed by atoms with Crippen LogP contribution in [0.4, 0.5) is 4.39 Å². The topological polar surface area (TPSA) is 59.4 Å². The van der Waals surface area contributed by atoms with Gasteiger partial charge in [0, 0.05) is 29.9 Å². The van der Waals surface area contributed by atoms with Crippen LogP contribution in [0.5, 0.6) is 0 Å². The molecule has 0 aliphatic carbocycles. The highest BCUT2D eigenvalue weighted by atomic mass is 32.1. The molecule has 4 aromatic rings. The number of thiophene rings is 2. The maximum absolute atomic E-state index is 13.2. The zero-order valence-electron chi connectivity index (χ0n) is 18.3. The van der Waals surface area contributed by atoms with E-state index in [1.165, 1.54) is 28.3 Å². The zero-order chi connectivity index (χ0) is 22.8. The second-order valence-corrected chi connectivity index (χ2v) is 10.1. The Bertz CT molecular complexity index is 1230. The predicted molar refractivity (Wildman–Crippen MR) is 130 cm³/mol. The first-order valence-electron chi connectivity index (χ1n) is 10.9. The Balaban J connectivity index is 1.32. The van der Waals surface area contributed by atoms with Crippen LogP contribution in [0.1, 0.15) is 31.8 Å². The van der Waals surface area contributed by atoms with E-state index in [0.29, 0.717) is 18.0 Å². The van der Waals surface area contributed by atoms with Crippen LogP contribution in [-0.4, -0.2) is 53.4 Å². The van der Waals surface area contributed by atoms with Gasteiger partial charge in [0.15, 0.2) is 0 Å². The highest BCUT2D eigenvalue weighted by Crippen LogP contribution is 2.30. The van der Waals surface area contributed by atoms with Crippen LogP contribution >= 0.6 is 22.7 Å². The molecule has 4 heterocycles. The minimum atomic E-state index is -0.256. The number of carbonyl (C=O) groups excluding carboxylic acids is 1. The van der Waals surface area contributed by atoms with Crippen molar-refractivity contribution in [3.05, 3.63) is 74.7 Å². The van der Waals surface area contributed by atoms with Gasteiger partial charge in [-0.25, -0.2) is 4.39 Å². The van der Waals surface area contributed by atoms with Gasteiger partial charge < -0.3 is 10.1 Å². The van der Waals surface area contributed by atoms with Crippen LogP contribution in [0.2, 0.25) is 0 Å². The third-order valence-electron chi connectivity index (χ3n) is 5.89. The molecule has 1 amide bonds. The summed E-state index contributed by atoms with van der Waals surface area (Å²) in [5.41, 5.74) is 1.84. The van der Waals surface area contributed by atoms with E-state index >= 15 is 0 Å². The number of benzene rings is 1. The lowest BCUT2D eigenvalue weighted by Crippen LogP contribution is -2.43. The van der Waals surface area contributed by atoms with Crippen LogP contribution in [0.15, 0.2) is 47.8 Å². The lowest BCUT2D eigenvalue weighted by atomic mass is 10.2. The van der Waals surface area contributed by atoms with E-state index in [0.717, 1.165) is 47.8 Å². The SMILES string of the molecule is Cc1nn(Cc2ccc(F)cc2)c2sc(C(=O)NC[C@@H](c3cccs3)N3CCOCC3)cc12. The summed E-state index contributed by atoms with van der Waals surface area (Å²) in [6.07, 6.45) is 0. The van der Waals surface area contributed by atoms with Crippen LogP contribution in [0.25, 0.3) is 10.2 Å². The van der Waals surface area contributed by atoms with Crippen LogP contribution in [0, 0.1) is 12.7 Å². The smallest absolute Gasteiger partial charge is 0.261 e. The molecule has 9 heteroatoms. The molecule has 1 atom stereocenters. The molecular weight excluding hydrogens is 459 g/mol. The van der Waals surface area contributed by atoms with E-state index in [-0.39, 0.29) is 17.8 Å². The average molecular weight is 485 g/mol. The van der Waals surface area contributed by atoms with Crippen molar-refractivity contribution in [2.24, 2.45) is 0 Å². The minimum Gasteiger partial charge on any atom is -0.379 e. The summed E-state index contributed by atoms with van der Waals surface area (Å²) in [4.78, 5) is 18.3. The molecule has 1 fully saturated rings. The first-order chi connectivity index (χ1) is 16.1.